The van der Waals surface area contributed by atoms with E-state index in [1.54, 1.807) is 0 Å². The van der Waals surface area contributed by atoms with Gasteiger partial charge in [-0.3, -0.25) is 0 Å². The predicted molar refractivity (Wildman–Crippen MR) is 77.9 cm³/mol. The van der Waals surface area contributed by atoms with Gasteiger partial charge < -0.3 is 15.2 Å². The van der Waals surface area contributed by atoms with Crippen molar-refractivity contribution in [2.24, 2.45) is 0 Å². The predicted octanol–water partition coefficient (Wildman–Crippen LogP) is 1.95. The fourth-order valence-electron chi connectivity index (χ4n) is 1.73. The number of rotatable bonds is 6. The molecular formula is C15H19N3O2. The molecule has 0 bridgehead atoms. The summed E-state index contributed by atoms with van der Waals surface area (Å²) in [5, 5.41) is 12.9. The molecule has 0 saturated heterocycles. The van der Waals surface area contributed by atoms with Crippen molar-refractivity contribution >= 4 is 5.82 Å². The molecule has 2 aromatic rings. The van der Waals surface area contributed by atoms with Crippen LogP contribution in [0.5, 0.6) is 5.75 Å². The molecule has 5 heteroatoms. The first-order chi connectivity index (χ1) is 9.63. The van der Waals surface area contributed by atoms with Crippen LogP contribution in [-0.4, -0.2) is 34.3 Å². The molecule has 0 spiro atoms. The Bertz CT molecular complexity index is 511. The minimum Gasteiger partial charge on any atom is -0.491 e. The molecule has 0 amide bonds. The number of aryl methyl sites for hydroxylation is 2. The standard InChI is InChI=1S/C15H19N3O2/c1-11-4-3-5-14(6-11)20-9-13(19)8-16-15-7-12(2)17-10-18-15/h3-7,10,13,19H,8-9H2,1-2H3,(H,16,17,18). The Hall–Kier alpha value is -2.14. The van der Waals surface area contributed by atoms with Crippen molar-refractivity contribution in [3.05, 3.63) is 47.9 Å². The van der Waals surface area contributed by atoms with E-state index in [0.717, 1.165) is 17.0 Å². The lowest BCUT2D eigenvalue weighted by molar-refractivity contribution is 0.117. The maximum atomic E-state index is 9.88. The second-order valence-corrected chi connectivity index (χ2v) is 4.71. The van der Waals surface area contributed by atoms with Gasteiger partial charge in [0, 0.05) is 18.3 Å². The van der Waals surface area contributed by atoms with Gasteiger partial charge in [0.2, 0.25) is 0 Å². The Morgan fingerprint density at radius 3 is 2.85 bits per heavy atom. The van der Waals surface area contributed by atoms with E-state index in [-0.39, 0.29) is 6.61 Å². The SMILES string of the molecule is Cc1cccc(OCC(O)CNc2cc(C)ncn2)c1. The van der Waals surface area contributed by atoms with E-state index in [9.17, 15) is 5.11 Å². The number of anilines is 1. The number of aliphatic hydroxyl groups excluding tert-OH is 1. The van der Waals surface area contributed by atoms with Gasteiger partial charge in [0.1, 0.15) is 30.6 Å². The lowest BCUT2D eigenvalue weighted by Gasteiger charge is -2.14. The quantitative estimate of drug-likeness (QED) is 0.842. The molecule has 2 rings (SSSR count). The Morgan fingerprint density at radius 2 is 2.10 bits per heavy atom. The van der Waals surface area contributed by atoms with Crippen molar-refractivity contribution < 1.29 is 9.84 Å². The van der Waals surface area contributed by atoms with E-state index in [0.29, 0.717) is 12.4 Å². The number of ether oxygens (including phenoxy) is 1. The Labute approximate surface area is 118 Å². The molecule has 0 aliphatic heterocycles. The summed E-state index contributed by atoms with van der Waals surface area (Å²) in [6.45, 7) is 4.51. The topological polar surface area (TPSA) is 67.3 Å². The van der Waals surface area contributed by atoms with E-state index >= 15 is 0 Å². The summed E-state index contributed by atoms with van der Waals surface area (Å²) in [4.78, 5) is 8.08. The van der Waals surface area contributed by atoms with Crippen molar-refractivity contribution in [3.63, 3.8) is 0 Å². The third-order valence-corrected chi connectivity index (χ3v) is 2.75. The highest BCUT2D eigenvalue weighted by molar-refractivity contribution is 5.34. The number of nitrogens with one attached hydrogen (secondary N) is 1. The number of aliphatic hydroxyl groups is 1. The molecule has 0 radical (unpaired) electrons. The number of hydrogen-bond donors (Lipinski definition) is 2. The molecule has 0 saturated carbocycles. The lowest BCUT2D eigenvalue weighted by atomic mass is 10.2. The molecule has 20 heavy (non-hydrogen) atoms. The van der Waals surface area contributed by atoms with Crippen molar-refractivity contribution in [1.29, 1.82) is 0 Å². The molecule has 5 nitrogen and oxygen atoms in total. The summed E-state index contributed by atoms with van der Waals surface area (Å²) in [7, 11) is 0. The molecule has 1 atom stereocenters. The monoisotopic (exact) mass is 273 g/mol. The number of hydrogen-bond acceptors (Lipinski definition) is 5. The Kier molecular flexibility index (Phi) is 4.90. The van der Waals surface area contributed by atoms with E-state index in [4.69, 9.17) is 4.74 Å². The lowest BCUT2D eigenvalue weighted by Crippen LogP contribution is -2.26. The van der Waals surface area contributed by atoms with Crippen LogP contribution in [0.3, 0.4) is 0 Å². The molecule has 1 unspecified atom stereocenters. The molecule has 0 aliphatic rings. The van der Waals surface area contributed by atoms with Crippen LogP contribution >= 0.6 is 0 Å². The largest absolute Gasteiger partial charge is 0.491 e. The molecular weight excluding hydrogens is 254 g/mol. The van der Waals surface area contributed by atoms with Gasteiger partial charge in [-0.25, -0.2) is 9.97 Å². The van der Waals surface area contributed by atoms with Gasteiger partial charge in [0.15, 0.2) is 0 Å². The highest BCUT2D eigenvalue weighted by Gasteiger charge is 2.06. The van der Waals surface area contributed by atoms with E-state index in [2.05, 4.69) is 15.3 Å². The smallest absolute Gasteiger partial charge is 0.129 e. The van der Waals surface area contributed by atoms with E-state index < -0.39 is 6.10 Å². The number of benzene rings is 1. The zero-order valence-electron chi connectivity index (χ0n) is 11.7. The van der Waals surface area contributed by atoms with Gasteiger partial charge in [-0.1, -0.05) is 12.1 Å². The highest BCUT2D eigenvalue weighted by Crippen LogP contribution is 2.12. The fraction of sp³-hybridized carbons (Fsp3) is 0.333. The molecule has 0 aliphatic carbocycles. The normalized spacial score (nSPS) is 11.9. The third-order valence-electron chi connectivity index (χ3n) is 2.75. The van der Waals surface area contributed by atoms with Crippen molar-refractivity contribution in [3.8, 4) is 5.75 Å². The fourth-order valence-corrected chi connectivity index (χ4v) is 1.73. The first-order valence-corrected chi connectivity index (χ1v) is 6.53. The second-order valence-electron chi connectivity index (χ2n) is 4.71. The van der Waals surface area contributed by atoms with Crippen LogP contribution in [-0.2, 0) is 0 Å². The van der Waals surface area contributed by atoms with Crippen molar-refractivity contribution in [2.75, 3.05) is 18.5 Å². The Balaban J connectivity index is 1.77. The van der Waals surface area contributed by atoms with Crippen molar-refractivity contribution in [2.45, 2.75) is 20.0 Å². The second kappa shape index (κ2) is 6.86. The average molecular weight is 273 g/mol. The van der Waals surface area contributed by atoms with Crippen LogP contribution in [0.15, 0.2) is 36.7 Å². The van der Waals surface area contributed by atoms with Gasteiger partial charge in [-0.2, -0.15) is 0 Å². The van der Waals surface area contributed by atoms with Crippen LogP contribution in [0.1, 0.15) is 11.3 Å². The highest BCUT2D eigenvalue weighted by atomic mass is 16.5. The number of aromatic nitrogens is 2. The minimum absolute atomic E-state index is 0.237. The van der Waals surface area contributed by atoms with Crippen molar-refractivity contribution in [1.82, 2.24) is 9.97 Å². The minimum atomic E-state index is -0.606. The summed E-state index contributed by atoms with van der Waals surface area (Å²) in [5.41, 5.74) is 2.01. The van der Waals surface area contributed by atoms with Gasteiger partial charge in [-0.15, -0.1) is 0 Å². The summed E-state index contributed by atoms with van der Waals surface area (Å²) < 4.78 is 5.54. The maximum Gasteiger partial charge on any atom is 0.129 e. The summed E-state index contributed by atoms with van der Waals surface area (Å²) in [6.07, 6.45) is 0.888. The van der Waals surface area contributed by atoms with Gasteiger partial charge in [0.25, 0.3) is 0 Å². The van der Waals surface area contributed by atoms with Crippen LogP contribution in [0.25, 0.3) is 0 Å². The van der Waals surface area contributed by atoms with Crippen LogP contribution in [0, 0.1) is 13.8 Å². The molecule has 1 heterocycles. The average Bonchev–Trinajstić information content (AvgIpc) is 2.43. The number of nitrogens with zero attached hydrogens (tertiary/aromatic N) is 2. The van der Waals surface area contributed by atoms with Gasteiger partial charge in [0.05, 0.1) is 0 Å². The molecule has 2 N–H and O–H groups in total. The summed E-state index contributed by atoms with van der Waals surface area (Å²) in [6, 6.07) is 9.57. The molecule has 1 aromatic heterocycles. The maximum absolute atomic E-state index is 9.88. The van der Waals surface area contributed by atoms with Crippen LogP contribution < -0.4 is 10.1 Å². The van der Waals surface area contributed by atoms with Crippen LogP contribution in [0.4, 0.5) is 5.82 Å². The van der Waals surface area contributed by atoms with E-state index in [1.807, 2.05) is 44.2 Å². The van der Waals surface area contributed by atoms with Crippen LogP contribution in [0.2, 0.25) is 0 Å². The first-order valence-electron chi connectivity index (χ1n) is 6.53. The summed E-state index contributed by atoms with van der Waals surface area (Å²) >= 11 is 0. The zero-order valence-corrected chi connectivity index (χ0v) is 11.7. The Morgan fingerprint density at radius 1 is 1.25 bits per heavy atom. The molecule has 0 fully saturated rings. The summed E-state index contributed by atoms with van der Waals surface area (Å²) in [5.74, 6) is 1.47. The van der Waals surface area contributed by atoms with Gasteiger partial charge in [-0.05, 0) is 31.5 Å². The van der Waals surface area contributed by atoms with E-state index in [1.165, 1.54) is 6.33 Å². The zero-order chi connectivity index (χ0) is 14.4. The molecule has 106 valence electrons. The first kappa shape index (κ1) is 14.3. The third kappa shape index (κ3) is 4.51. The van der Waals surface area contributed by atoms with Gasteiger partial charge >= 0.3 is 0 Å². The molecule has 1 aromatic carbocycles.